The molecule has 2 rings (SSSR count). The number of fused-ring (bicyclic) bond motifs is 1. The molecule has 0 atom stereocenters. The van der Waals surface area contributed by atoms with Gasteiger partial charge in [0, 0.05) is 11.5 Å². The Bertz CT molecular complexity index is 582. The lowest BCUT2D eigenvalue weighted by Crippen LogP contribution is -1.97. The van der Waals surface area contributed by atoms with Crippen LogP contribution in [0.25, 0.3) is 11.0 Å². The van der Waals surface area contributed by atoms with E-state index in [2.05, 4.69) is 4.74 Å². The number of benzene rings is 1. The fourth-order valence-corrected chi connectivity index (χ4v) is 1.56. The van der Waals surface area contributed by atoms with Gasteiger partial charge in [0.2, 0.25) is 5.76 Å². The second-order valence-corrected chi connectivity index (χ2v) is 3.35. The molecule has 17 heavy (non-hydrogen) atoms. The lowest BCUT2D eigenvalue weighted by atomic mass is 10.1. The number of aldehydes is 1. The summed E-state index contributed by atoms with van der Waals surface area (Å²) in [5, 5.41) is 0.647. The van der Waals surface area contributed by atoms with Crippen molar-refractivity contribution in [1.29, 1.82) is 0 Å². The highest BCUT2D eigenvalue weighted by molar-refractivity contribution is 5.95. The normalized spacial score (nSPS) is 10.2. The van der Waals surface area contributed by atoms with E-state index in [0.29, 0.717) is 28.6 Å². The number of furan rings is 1. The fraction of sp³-hybridized carbons (Fsp3) is 0.167. The number of ether oxygens (including phenoxy) is 2. The van der Waals surface area contributed by atoms with Gasteiger partial charge in [0.15, 0.2) is 6.29 Å². The SMILES string of the molecule is COC(=O)c1cc2cc(C=O)c(OC)cc2o1. The van der Waals surface area contributed by atoms with Crippen LogP contribution in [0, 0.1) is 0 Å². The molecule has 0 N–H and O–H groups in total. The largest absolute Gasteiger partial charge is 0.496 e. The lowest BCUT2D eigenvalue weighted by Gasteiger charge is -2.01. The summed E-state index contributed by atoms with van der Waals surface area (Å²) in [6.07, 6.45) is 0.684. The standard InChI is InChI=1S/C12H10O5/c1-15-9-5-10-7(3-8(9)6-13)4-11(17-10)12(14)16-2/h3-6H,1-2H3. The van der Waals surface area contributed by atoms with Crippen molar-refractivity contribution >= 4 is 23.2 Å². The molecule has 0 bridgehead atoms. The van der Waals surface area contributed by atoms with Crippen molar-refractivity contribution in [3.05, 3.63) is 29.5 Å². The Hall–Kier alpha value is -2.30. The van der Waals surface area contributed by atoms with E-state index < -0.39 is 5.97 Å². The Morgan fingerprint density at radius 3 is 2.65 bits per heavy atom. The molecule has 0 saturated carbocycles. The second kappa shape index (κ2) is 4.29. The molecule has 0 aliphatic carbocycles. The van der Waals surface area contributed by atoms with Crippen LogP contribution in [0.3, 0.4) is 0 Å². The number of rotatable bonds is 3. The summed E-state index contributed by atoms with van der Waals surface area (Å²) in [7, 11) is 2.73. The molecule has 0 spiro atoms. The maximum absolute atomic E-state index is 11.3. The van der Waals surface area contributed by atoms with Crippen LogP contribution >= 0.6 is 0 Å². The minimum absolute atomic E-state index is 0.0904. The van der Waals surface area contributed by atoms with Gasteiger partial charge in [-0.25, -0.2) is 4.79 Å². The minimum atomic E-state index is -0.562. The molecule has 0 fully saturated rings. The zero-order valence-corrected chi connectivity index (χ0v) is 9.35. The van der Waals surface area contributed by atoms with E-state index in [4.69, 9.17) is 9.15 Å². The van der Waals surface area contributed by atoms with E-state index in [1.54, 1.807) is 12.1 Å². The number of hydrogen-bond donors (Lipinski definition) is 0. The first kappa shape index (κ1) is 11.2. The van der Waals surface area contributed by atoms with Crippen LogP contribution in [0.5, 0.6) is 5.75 Å². The number of carbonyl (C=O) groups excluding carboxylic acids is 2. The predicted molar refractivity (Wildman–Crippen MR) is 59.5 cm³/mol. The van der Waals surface area contributed by atoms with Crippen molar-refractivity contribution in [2.75, 3.05) is 14.2 Å². The van der Waals surface area contributed by atoms with Gasteiger partial charge in [0.25, 0.3) is 0 Å². The third-order valence-electron chi connectivity index (χ3n) is 2.38. The predicted octanol–water partition coefficient (Wildman–Crippen LogP) is 2.04. The molecule has 0 amide bonds. The molecule has 88 valence electrons. The van der Waals surface area contributed by atoms with Crippen molar-refractivity contribution in [3.63, 3.8) is 0 Å². The first-order valence-corrected chi connectivity index (χ1v) is 4.84. The molecule has 1 heterocycles. The van der Waals surface area contributed by atoms with Crippen molar-refractivity contribution in [2.24, 2.45) is 0 Å². The Morgan fingerprint density at radius 1 is 1.29 bits per heavy atom. The van der Waals surface area contributed by atoms with Crippen LogP contribution in [-0.2, 0) is 4.74 Å². The van der Waals surface area contributed by atoms with Gasteiger partial charge in [-0.15, -0.1) is 0 Å². The van der Waals surface area contributed by atoms with Gasteiger partial charge in [0.05, 0.1) is 19.8 Å². The van der Waals surface area contributed by atoms with Crippen molar-refractivity contribution in [1.82, 2.24) is 0 Å². The second-order valence-electron chi connectivity index (χ2n) is 3.35. The molecule has 5 heteroatoms. The number of esters is 1. The highest BCUT2D eigenvalue weighted by Gasteiger charge is 2.14. The van der Waals surface area contributed by atoms with Crippen LogP contribution in [-0.4, -0.2) is 26.5 Å². The molecule has 0 saturated heterocycles. The van der Waals surface area contributed by atoms with Gasteiger partial charge < -0.3 is 13.9 Å². The Labute approximate surface area is 96.9 Å². The topological polar surface area (TPSA) is 65.7 Å². The molecule has 0 aliphatic heterocycles. The smallest absolute Gasteiger partial charge is 0.373 e. The summed E-state index contributed by atoms with van der Waals surface area (Å²) in [5.74, 6) is -0.0707. The van der Waals surface area contributed by atoms with Crippen LogP contribution in [0.15, 0.2) is 22.6 Å². The Morgan fingerprint density at radius 2 is 2.06 bits per heavy atom. The third kappa shape index (κ3) is 1.87. The molecule has 0 unspecified atom stereocenters. The molecular formula is C12H10O5. The summed E-state index contributed by atoms with van der Waals surface area (Å²) >= 11 is 0. The maximum Gasteiger partial charge on any atom is 0.373 e. The highest BCUT2D eigenvalue weighted by atomic mass is 16.5. The van der Waals surface area contributed by atoms with E-state index in [9.17, 15) is 9.59 Å². The molecule has 0 radical (unpaired) electrons. The number of methoxy groups -OCH3 is 2. The molecule has 2 aromatic rings. The van der Waals surface area contributed by atoms with Gasteiger partial charge in [-0.3, -0.25) is 4.79 Å². The molecular weight excluding hydrogens is 224 g/mol. The van der Waals surface area contributed by atoms with E-state index in [0.717, 1.165) is 0 Å². The summed E-state index contributed by atoms with van der Waals surface area (Å²) in [6.45, 7) is 0. The third-order valence-corrected chi connectivity index (χ3v) is 2.38. The van der Waals surface area contributed by atoms with Gasteiger partial charge in [0.1, 0.15) is 11.3 Å². The van der Waals surface area contributed by atoms with Gasteiger partial charge >= 0.3 is 5.97 Å². The summed E-state index contributed by atoms with van der Waals surface area (Å²) < 4.78 is 14.9. The minimum Gasteiger partial charge on any atom is -0.496 e. The summed E-state index contributed by atoms with van der Waals surface area (Å²) in [4.78, 5) is 22.1. The van der Waals surface area contributed by atoms with Crippen molar-refractivity contribution in [3.8, 4) is 5.75 Å². The number of hydrogen-bond acceptors (Lipinski definition) is 5. The van der Waals surface area contributed by atoms with Gasteiger partial charge in [-0.1, -0.05) is 0 Å². The Kier molecular flexibility index (Phi) is 2.82. The molecule has 0 aliphatic rings. The molecule has 1 aromatic carbocycles. The highest BCUT2D eigenvalue weighted by Crippen LogP contribution is 2.27. The van der Waals surface area contributed by atoms with Crippen molar-refractivity contribution in [2.45, 2.75) is 0 Å². The fourth-order valence-electron chi connectivity index (χ4n) is 1.56. The van der Waals surface area contributed by atoms with Crippen LogP contribution in [0.4, 0.5) is 0 Å². The first-order valence-electron chi connectivity index (χ1n) is 4.84. The van der Waals surface area contributed by atoms with Crippen molar-refractivity contribution < 1.29 is 23.5 Å². The van der Waals surface area contributed by atoms with Gasteiger partial charge in [-0.2, -0.15) is 0 Å². The van der Waals surface area contributed by atoms with E-state index in [1.807, 2.05) is 0 Å². The Balaban J connectivity index is 2.61. The van der Waals surface area contributed by atoms with E-state index >= 15 is 0 Å². The van der Waals surface area contributed by atoms with Crippen LogP contribution in [0.2, 0.25) is 0 Å². The lowest BCUT2D eigenvalue weighted by molar-refractivity contribution is 0.0567. The zero-order valence-electron chi connectivity index (χ0n) is 9.35. The van der Waals surface area contributed by atoms with E-state index in [1.165, 1.54) is 20.3 Å². The zero-order chi connectivity index (χ0) is 12.4. The van der Waals surface area contributed by atoms with Crippen LogP contribution in [0.1, 0.15) is 20.9 Å². The molecule has 5 nitrogen and oxygen atoms in total. The average molecular weight is 234 g/mol. The first-order chi connectivity index (χ1) is 8.19. The van der Waals surface area contributed by atoms with Crippen LogP contribution < -0.4 is 4.74 Å². The monoisotopic (exact) mass is 234 g/mol. The van der Waals surface area contributed by atoms with E-state index in [-0.39, 0.29) is 5.76 Å². The summed E-state index contributed by atoms with van der Waals surface area (Å²) in [5.41, 5.74) is 0.866. The summed E-state index contributed by atoms with van der Waals surface area (Å²) in [6, 6.07) is 4.68. The van der Waals surface area contributed by atoms with Gasteiger partial charge in [-0.05, 0) is 12.1 Å². The number of carbonyl (C=O) groups is 2. The molecule has 1 aromatic heterocycles. The maximum atomic E-state index is 11.3. The quantitative estimate of drug-likeness (QED) is 0.600. The average Bonchev–Trinajstić information content (AvgIpc) is 2.78.